The van der Waals surface area contributed by atoms with Gasteiger partial charge in [0.05, 0.1) is 23.1 Å². The standard InChI is InChI=1S/C16H13N3O2/c17-13-9-18-8-7-14(13)19-16(21)12-6-5-10-3-1-2-4-11(10)15(12)20/h1-9,20H,17H2,(H,18,19,21). The number of nitrogens with one attached hydrogen (secondary N) is 1. The van der Waals surface area contributed by atoms with Crippen LogP contribution >= 0.6 is 0 Å². The fourth-order valence-corrected chi connectivity index (χ4v) is 2.15. The van der Waals surface area contributed by atoms with Crippen molar-refractivity contribution in [3.63, 3.8) is 0 Å². The van der Waals surface area contributed by atoms with E-state index in [-0.39, 0.29) is 11.3 Å². The Hall–Kier alpha value is -3.08. The van der Waals surface area contributed by atoms with E-state index in [4.69, 9.17) is 5.73 Å². The van der Waals surface area contributed by atoms with Crippen molar-refractivity contribution >= 4 is 28.1 Å². The van der Waals surface area contributed by atoms with E-state index in [9.17, 15) is 9.90 Å². The molecule has 5 nitrogen and oxygen atoms in total. The van der Waals surface area contributed by atoms with Crippen LogP contribution in [0.1, 0.15) is 10.4 Å². The fourth-order valence-electron chi connectivity index (χ4n) is 2.15. The zero-order valence-electron chi connectivity index (χ0n) is 11.1. The van der Waals surface area contributed by atoms with Crippen LogP contribution in [0, 0.1) is 0 Å². The Balaban J connectivity index is 1.99. The average Bonchev–Trinajstić information content (AvgIpc) is 2.50. The molecule has 5 heteroatoms. The van der Waals surface area contributed by atoms with Gasteiger partial charge in [-0.05, 0) is 17.5 Å². The zero-order chi connectivity index (χ0) is 14.8. The van der Waals surface area contributed by atoms with Crippen LogP contribution in [0.4, 0.5) is 11.4 Å². The number of amides is 1. The molecule has 2 aromatic carbocycles. The Kier molecular flexibility index (Phi) is 3.16. The van der Waals surface area contributed by atoms with Crippen molar-refractivity contribution in [2.24, 2.45) is 0 Å². The number of carbonyl (C=O) groups excluding carboxylic acids is 1. The Bertz CT molecular complexity index is 831. The molecule has 0 aliphatic heterocycles. The summed E-state index contributed by atoms with van der Waals surface area (Å²) in [5.74, 6) is -0.464. The summed E-state index contributed by atoms with van der Waals surface area (Å²) in [5.41, 5.74) is 6.76. The van der Waals surface area contributed by atoms with Gasteiger partial charge in [-0.2, -0.15) is 0 Å². The van der Waals surface area contributed by atoms with Crippen molar-refractivity contribution in [3.8, 4) is 5.75 Å². The average molecular weight is 279 g/mol. The number of pyridine rings is 1. The molecule has 0 atom stereocenters. The van der Waals surface area contributed by atoms with Crippen molar-refractivity contribution < 1.29 is 9.90 Å². The van der Waals surface area contributed by atoms with Crippen molar-refractivity contribution in [1.29, 1.82) is 0 Å². The SMILES string of the molecule is Nc1cnccc1NC(=O)c1ccc2ccccc2c1O. The smallest absolute Gasteiger partial charge is 0.259 e. The molecule has 104 valence electrons. The quantitative estimate of drug-likeness (QED) is 0.673. The maximum absolute atomic E-state index is 12.3. The highest BCUT2D eigenvalue weighted by Crippen LogP contribution is 2.29. The molecule has 1 amide bonds. The lowest BCUT2D eigenvalue weighted by Gasteiger charge is -2.10. The van der Waals surface area contributed by atoms with E-state index < -0.39 is 5.91 Å². The number of anilines is 2. The second kappa shape index (κ2) is 5.13. The van der Waals surface area contributed by atoms with Crippen LogP contribution in [-0.2, 0) is 0 Å². The number of nitrogens with zero attached hydrogens (tertiary/aromatic N) is 1. The molecule has 0 saturated carbocycles. The number of phenols is 1. The molecule has 21 heavy (non-hydrogen) atoms. The van der Waals surface area contributed by atoms with Gasteiger partial charge >= 0.3 is 0 Å². The number of nitrogens with two attached hydrogens (primary N) is 1. The van der Waals surface area contributed by atoms with Crippen molar-refractivity contribution in [1.82, 2.24) is 4.98 Å². The number of fused-ring (bicyclic) bond motifs is 1. The molecule has 1 aromatic heterocycles. The van der Waals surface area contributed by atoms with Crippen molar-refractivity contribution in [2.75, 3.05) is 11.1 Å². The maximum Gasteiger partial charge on any atom is 0.259 e. The first-order valence-electron chi connectivity index (χ1n) is 6.38. The summed E-state index contributed by atoms with van der Waals surface area (Å²) in [6.07, 6.45) is 2.99. The van der Waals surface area contributed by atoms with E-state index >= 15 is 0 Å². The minimum atomic E-state index is -0.420. The molecule has 0 spiro atoms. The number of rotatable bonds is 2. The lowest BCUT2D eigenvalue weighted by molar-refractivity contribution is 0.102. The van der Waals surface area contributed by atoms with E-state index in [1.54, 1.807) is 24.3 Å². The Morgan fingerprint density at radius 3 is 2.76 bits per heavy atom. The van der Waals surface area contributed by atoms with Gasteiger partial charge in [0, 0.05) is 11.6 Å². The van der Waals surface area contributed by atoms with Gasteiger partial charge in [-0.15, -0.1) is 0 Å². The summed E-state index contributed by atoms with van der Waals surface area (Å²) in [6, 6.07) is 12.3. The predicted molar refractivity (Wildman–Crippen MR) is 82.2 cm³/mol. The molecular weight excluding hydrogens is 266 g/mol. The number of hydrogen-bond acceptors (Lipinski definition) is 4. The summed E-state index contributed by atoms with van der Waals surface area (Å²) in [7, 11) is 0. The molecule has 0 aliphatic carbocycles. The lowest BCUT2D eigenvalue weighted by atomic mass is 10.0. The van der Waals surface area contributed by atoms with Gasteiger partial charge in [0.15, 0.2) is 0 Å². The van der Waals surface area contributed by atoms with Crippen LogP contribution < -0.4 is 11.1 Å². The number of phenolic OH excluding ortho intramolecular Hbond substituents is 1. The van der Waals surface area contributed by atoms with Gasteiger partial charge in [0.25, 0.3) is 5.91 Å². The van der Waals surface area contributed by atoms with Gasteiger partial charge in [-0.3, -0.25) is 9.78 Å². The number of aromatic hydroxyl groups is 1. The van der Waals surface area contributed by atoms with Crippen LogP contribution in [0.2, 0.25) is 0 Å². The van der Waals surface area contributed by atoms with E-state index in [1.807, 2.05) is 18.2 Å². The summed E-state index contributed by atoms with van der Waals surface area (Å²) in [5, 5.41) is 14.4. The highest BCUT2D eigenvalue weighted by atomic mass is 16.3. The Morgan fingerprint density at radius 1 is 1.14 bits per heavy atom. The third kappa shape index (κ3) is 2.36. The van der Waals surface area contributed by atoms with Gasteiger partial charge in [-0.25, -0.2) is 0 Å². The molecule has 1 heterocycles. The highest BCUT2D eigenvalue weighted by Gasteiger charge is 2.14. The molecule has 0 fully saturated rings. The number of nitrogen functional groups attached to an aromatic ring is 1. The van der Waals surface area contributed by atoms with E-state index in [0.29, 0.717) is 16.8 Å². The maximum atomic E-state index is 12.3. The van der Waals surface area contributed by atoms with Crippen LogP contribution in [0.25, 0.3) is 10.8 Å². The topological polar surface area (TPSA) is 88.2 Å². The monoisotopic (exact) mass is 279 g/mol. The van der Waals surface area contributed by atoms with Gasteiger partial charge in [0.1, 0.15) is 5.75 Å². The summed E-state index contributed by atoms with van der Waals surface area (Å²) >= 11 is 0. The largest absolute Gasteiger partial charge is 0.506 e. The second-order valence-electron chi connectivity index (χ2n) is 4.60. The molecule has 0 radical (unpaired) electrons. The van der Waals surface area contributed by atoms with Crippen LogP contribution in [0.15, 0.2) is 54.9 Å². The summed E-state index contributed by atoms with van der Waals surface area (Å²) < 4.78 is 0. The van der Waals surface area contributed by atoms with Crippen LogP contribution in [-0.4, -0.2) is 16.0 Å². The minimum Gasteiger partial charge on any atom is -0.506 e. The van der Waals surface area contributed by atoms with Gasteiger partial charge in [0.2, 0.25) is 0 Å². The highest BCUT2D eigenvalue weighted by molar-refractivity contribution is 6.10. The molecular formula is C16H13N3O2. The number of aromatic nitrogens is 1. The summed E-state index contributed by atoms with van der Waals surface area (Å²) in [4.78, 5) is 16.1. The molecule has 4 N–H and O–H groups in total. The number of hydrogen-bond donors (Lipinski definition) is 3. The van der Waals surface area contributed by atoms with E-state index in [2.05, 4.69) is 10.3 Å². The molecule has 3 aromatic rings. The van der Waals surface area contributed by atoms with E-state index in [0.717, 1.165) is 5.39 Å². The third-order valence-electron chi connectivity index (χ3n) is 3.25. The zero-order valence-corrected chi connectivity index (χ0v) is 11.1. The molecule has 0 unspecified atom stereocenters. The van der Waals surface area contributed by atoms with Gasteiger partial charge < -0.3 is 16.2 Å². The molecule has 3 rings (SSSR count). The van der Waals surface area contributed by atoms with Gasteiger partial charge in [-0.1, -0.05) is 30.3 Å². The third-order valence-corrected chi connectivity index (χ3v) is 3.25. The van der Waals surface area contributed by atoms with Crippen molar-refractivity contribution in [3.05, 3.63) is 60.4 Å². The first kappa shape index (κ1) is 12.9. The van der Waals surface area contributed by atoms with E-state index in [1.165, 1.54) is 12.4 Å². The Labute approximate surface area is 121 Å². The normalized spacial score (nSPS) is 10.5. The van der Waals surface area contributed by atoms with Crippen molar-refractivity contribution in [2.45, 2.75) is 0 Å². The van der Waals surface area contributed by atoms with Crippen LogP contribution in [0.3, 0.4) is 0 Å². The first-order valence-corrected chi connectivity index (χ1v) is 6.38. The predicted octanol–water partition coefficient (Wildman–Crippen LogP) is 2.77. The molecule has 0 bridgehead atoms. The molecule has 0 aliphatic rings. The number of benzene rings is 2. The minimum absolute atomic E-state index is 0.0433. The fraction of sp³-hybridized carbons (Fsp3) is 0. The second-order valence-corrected chi connectivity index (χ2v) is 4.60. The number of carbonyl (C=O) groups is 1. The first-order chi connectivity index (χ1) is 10.2. The lowest BCUT2D eigenvalue weighted by Crippen LogP contribution is -2.13. The summed E-state index contributed by atoms with van der Waals surface area (Å²) in [6.45, 7) is 0. The van der Waals surface area contributed by atoms with Crippen LogP contribution in [0.5, 0.6) is 5.75 Å². The molecule has 0 saturated heterocycles. The Morgan fingerprint density at radius 2 is 1.95 bits per heavy atom.